The summed E-state index contributed by atoms with van der Waals surface area (Å²) < 4.78 is 13.8. The molecule has 2 aromatic rings. The van der Waals surface area contributed by atoms with Crippen molar-refractivity contribution in [3.05, 3.63) is 65.5 Å². The van der Waals surface area contributed by atoms with Crippen molar-refractivity contribution in [3.8, 4) is 0 Å². The number of rotatable bonds is 4. The minimum Gasteiger partial charge on any atom is -0.363 e. The van der Waals surface area contributed by atoms with E-state index in [-0.39, 0.29) is 11.4 Å². The third kappa shape index (κ3) is 2.94. The fourth-order valence-corrected chi connectivity index (χ4v) is 4.61. The maximum absolute atomic E-state index is 13.8. The monoisotopic (exact) mass is 339 g/mol. The average Bonchev–Trinajstić information content (AvgIpc) is 3.18. The number of benzene rings is 2. The van der Waals surface area contributed by atoms with Gasteiger partial charge in [0, 0.05) is 37.9 Å². The van der Waals surface area contributed by atoms with Crippen LogP contribution in [0.1, 0.15) is 24.5 Å². The highest BCUT2D eigenvalue weighted by Gasteiger charge is 2.47. The van der Waals surface area contributed by atoms with Gasteiger partial charge in [-0.1, -0.05) is 36.4 Å². The zero-order chi connectivity index (χ0) is 17.4. The fraction of sp³-hybridized carbons (Fsp3) is 0.429. The quantitative estimate of drug-likeness (QED) is 0.929. The largest absolute Gasteiger partial charge is 0.363 e. The molecule has 2 unspecified atom stereocenters. The van der Waals surface area contributed by atoms with Gasteiger partial charge in [-0.3, -0.25) is 4.90 Å². The first-order valence-electron chi connectivity index (χ1n) is 9.15. The molecule has 2 aliphatic heterocycles. The smallest absolute Gasteiger partial charge is 0.125 e. The average molecular weight is 339 g/mol. The Balaban J connectivity index is 1.60. The van der Waals surface area contributed by atoms with Crippen LogP contribution in [0.3, 0.4) is 0 Å². The predicted molar refractivity (Wildman–Crippen MR) is 100 cm³/mol. The number of hydrogen-bond donors (Lipinski definition) is 1. The van der Waals surface area contributed by atoms with Crippen molar-refractivity contribution in [2.45, 2.75) is 37.9 Å². The van der Waals surface area contributed by atoms with Gasteiger partial charge in [0.05, 0.1) is 5.54 Å². The second-order valence-electron chi connectivity index (χ2n) is 7.55. The summed E-state index contributed by atoms with van der Waals surface area (Å²) in [5, 5.41) is 0. The summed E-state index contributed by atoms with van der Waals surface area (Å²) in [6, 6.07) is 16.2. The summed E-state index contributed by atoms with van der Waals surface area (Å²) in [7, 11) is 0. The lowest BCUT2D eigenvalue weighted by Crippen LogP contribution is -2.55. The van der Waals surface area contributed by atoms with Crippen LogP contribution in [0.4, 0.5) is 10.1 Å². The van der Waals surface area contributed by atoms with E-state index in [4.69, 9.17) is 5.73 Å². The van der Waals surface area contributed by atoms with E-state index < -0.39 is 0 Å². The van der Waals surface area contributed by atoms with Crippen molar-refractivity contribution in [2.24, 2.45) is 5.73 Å². The SMILES string of the molecule is CC1CC(CN)(N2CCc3ccc(F)cc32)CN1Cc1ccccc1. The summed E-state index contributed by atoms with van der Waals surface area (Å²) in [6.45, 7) is 5.67. The maximum atomic E-state index is 13.8. The molecule has 0 aliphatic carbocycles. The summed E-state index contributed by atoms with van der Waals surface area (Å²) in [4.78, 5) is 4.90. The fourth-order valence-electron chi connectivity index (χ4n) is 4.61. The van der Waals surface area contributed by atoms with Gasteiger partial charge in [-0.05, 0) is 43.0 Å². The van der Waals surface area contributed by atoms with Crippen LogP contribution in [0.2, 0.25) is 0 Å². The zero-order valence-electron chi connectivity index (χ0n) is 14.8. The molecule has 4 heteroatoms. The third-order valence-electron chi connectivity index (χ3n) is 5.92. The molecule has 0 aromatic heterocycles. The molecule has 0 radical (unpaired) electrons. The molecule has 25 heavy (non-hydrogen) atoms. The number of nitrogens with two attached hydrogens (primary N) is 1. The highest BCUT2D eigenvalue weighted by molar-refractivity contribution is 5.60. The molecule has 2 N–H and O–H groups in total. The Labute approximate surface area is 149 Å². The second-order valence-corrected chi connectivity index (χ2v) is 7.55. The number of likely N-dealkylation sites (tertiary alicyclic amines) is 1. The second kappa shape index (κ2) is 6.43. The van der Waals surface area contributed by atoms with E-state index in [0.29, 0.717) is 12.6 Å². The van der Waals surface area contributed by atoms with Gasteiger partial charge in [0.15, 0.2) is 0 Å². The number of hydrogen-bond acceptors (Lipinski definition) is 3. The van der Waals surface area contributed by atoms with Gasteiger partial charge in [-0.15, -0.1) is 0 Å². The minimum absolute atomic E-state index is 0.104. The topological polar surface area (TPSA) is 32.5 Å². The van der Waals surface area contributed by atoms with Crippen molar-refractivity contribution in [2.75, 3.05) is 24.5 Å². The van der Waals surface area contributed by atoms with Crippen molar-refractivity contribution in [1.29, 1.82) is 0 Å². The molecular weight excluding hydrogens is 313 g/mol. The van der Waals surface area contributed by atoms with E-state index >= 15 is 0 Å². The van der Waals surface area contributed by atoms with Gasteiger partial charge in [0.25, 0.3) is 0 Å². The van der Waals surface area contributed by atoms with Crippen LogP contribution in [0, 0.1) is 5.82 Å². The van der Waals surface area contributed by atoms with E-state index in [1.807, 2.05) is 6.07 Å². The molecule has 3 nitrogen and oxygen atoms in total. The highest BCUT2D eigenvalue weighted by atomic mass is 19.1. The Morgan fingerprint density at radius 1 is 1.20 bits per heavy atom. The van der Waals surface area contributed by atoms with Gasteiger partial charge >= 0.3 is 0 Å². The van der Waals surface area contributed by atoms with E-state index in [9.17, 15) is 4.39 Å². The third-order valence-corrected chi connectivity index (χ3v) is 5.92. The van der Waals surface area contributed by atoms with Crippen molar-refractivity contribution >= 4 is 5.69 Å². The van der Waals surface area contributed by atoms with Crippen LogP contribution < -0.4 is 10.6 Å². The number of anilines is 1. The van der Waals surface area contributed by atoms with Gasteiger partial charge in [-0.25, -0.2) is 4.39 Å². The summed E-state index contributed by atoms with van der Waals surface area (Å²) in [5.74, 6) is -0.162. The standard InChI is InChI=1S/C21H26FN3/c1-16-12-21(14-23,15-24(16)13-17-5-3-2-4-6-17)25-10-9-18-7-8-19(22)11-20(18)25/h2-8,11,16H,9-10,12-15,23H2,1H3. The molecule has 2 atom stereocenters. The van der Waals surface area contributed by atoms with E-state index in [2.05, 4.69) is 47.1 Å². The van der Waals surface area contributed by atoms with Gasteiger partial charge in [0.2, 0.25) is 0 Å². The van der Waals surface area contributed by atoms with Crippen LogP contribution in [0.15, 0.2) is 48.5 Å². The number of halogens is 1. The molecule has 2 heterocycles. The van der Waals surface area contributed by atoms with Crippen LogP contribution in [-0.2, 0) is 13.0 Å². The predicted octanol–water partition coefficient (Wildman–Crippen LogP) is 3.18. The summed E-state index contributed by atoms with van der Waals surface area (Å²) >= 11 is 0. The Bertz CT molecular complexity index is 748. The van der Waals surface area contributed by atoms with Crippen LogP contribution in [0.5, 0.6) is 0 Å². The van der Waals surface area contributed by atoms with Crippen molar-refractivity contribution in [3.63, 3.8) is 0 Å². The molecule has 0 bridgehead atoms. The van der Waals surface area contributed by atoms with Crippen molar-refractivity contribution < 1.29 is 4.39 Å². The van der Waals surface area contributed by atoms with E-state index in [1.165, 1.54) is 11.1 Å². The highest BCUT2D eigenvalue weighted by Crippen LogP contribution is 2.40. The molecule has 1 saturated heterocycles. The Morgan fingerprint density at radius 3 is 2.76 bits per heavy atom. The molecule has 2 aromatic carbocycles. The maximum Gasteiger partial charge on any atom is 0.125 e. The molecule has 2 aliphatic rings. The normalized spacial score (nSPS) is 26.2. The summed E-state index contributed by atoms with van der Waals surface area (Å²) in [6.07, 6.45) is 2.00. The lowest BCUT2D eigenvalue weighted by Gasteiger charge is -2.40. The molecule has 0 saturated carbocycles. The Kier molecular flexibility index (Phi) is 4.26. The van der Waals surface area contributed by atoms with E-state index in [1.54, 1.807) is 12.1 Å². The first-order chi connectivity index (χ1) is 12.1. The summed E-state index contributed by atoms with van der Waals surface area (Å²) in [5.41, 5.74) is 9.80. The van der Waals surface area contributed by atoms with Crippen molar-refractivity contribution in [1.82, 2.24) is 4.90 Å². The lowest BCUT2D eigenvalue weighted by atomic mass is 9.93. The van der Waals surface area contributed by atoms with Gasteiger partial charge in [0.1, 0.15) is 5.82 Å². The molecular formula is C21H26FN3. The minimum atomic E-state index is -0.162. The van der Waals surface area contributed by atoms with Crippen LogP contribution in [0.25, 0.3) is 0 Å². The first-order valence-corrected chi connectivity index (χ1v) is 9.15. The van der Waals surface area contributed by atoms with Crippen LogP contribution >= 0.6 is 0 Å². The Hall–Kier alpha value is -1.91. The Morgan fingerprint density at radius 2 is 2.00 bits per heavy atom. The molecule has 1 fully saturated rings. The first kappa shape index (κ1) is 16.6. The lowest BCUT2D eigenvalue weighted by molar-refractivity contribution is 0.250. The van der Waals surface area contributed by atoms with Gasteiger partial charge < -0.3 is 10.6 Å². The number of nitrogens with zero attached hydrogens (tertiary/aromatic N) is 2. The molecule has 0 spiro atoms. The van der Waals surface area contributed by atoms with E-state index in [0.717, 1.165) is 38.2 Å². The molecule has 0 amide bonds. The van der Waals surface area contributed by atoms with Crippen LogP contribution in [-0.4, -0.2) is 36.1 Å². The molecule has 4 rings (SSSR count). The molecule has 132 valence electrons. The zero-order valence-corrected chi connectivity index (χ0v) is 14.8. The number of fused-ring (bicyclic) bond motifs is 1. The van der Waals surface area contributed by atoms with Gasteiger partial charge in [-0.2, -0.15) is 0 Å².